The molecule has 1 aliphatic rings. The molecule has 2 heterocycles. The van der Waals surface area contributed by atoms with Gasteiger partial charge < -0.3 is 20.3 Å². The molecule has 0 atom stereocenters. The lowest BCUT2D eigenvalue weighted by Crippen LogP contribution is -2.43. The average molecular weight is 353 g/mol. The highest BCUT2D eigenvalue weighted by Gasteiger charge is 2.18. The van der Waals surface area contributed by atoms with Gasteiger partial charge in [-0.3, -0.25) is 0 Å². The summed E-state index contributed by atoms with van der Waals surface area (Å²) in [5.74, 6) is 1.67. The van der Waals surface area contributed by atoms with Crippen molar-refractivity contribution in [1.82, 2.24) is 15.5 Å². The van der Waals surface area contributed by atoms with Crippen molar-refractivity contribution >= 4 is 17.3 Å². The highest BCUT2D eigenvalue weighted by molar-refractivity contribution is 7.11. The van der Waals surface area contributed by atoms with Crippen LogP contribution in [0.1, 0.15) is 29.5 Å². The molecule has 0 bridgehead atoms. The van der Waals surface area contributed by atoms with Crippen LogP contribution in [-0.4, -0.2) is 57.3 Å². The summed E-state index contributed by atoms with van der Waals surface area (Å²) in [5.41, 5.74) is 0. The van der Waals surface area contributed by atoms with Gasteiger partial charge in [-0.2, -0.15) is 0 Å². The van der Waals surface area contributed by atoms with E-state index in [2.05, 4.69) is 41.5 Å². The van der Waals surface area contributed by atoms with Gasteiger partial charge >= 0.3 is 0 Å². The molecule has 24 heavy (non-hydrogen) atoms. The van der Waals surface area contributed by atoms with Crippen LogP contribution in [0.2, 0.25) is 0 Å². The molecule has 0 saturated carbocycles. The fraction of sp³-hybridized carbons (Fsp3) is 0.722. The molecule has 136 valence electrons. The van der Waals surface area contributed by atoms with Crippen molar-refractivity contribution in [1.29, 1.82) is 0 Å². The Morgan fingerprint density at radius 3 is 2.75 bits per heavy atom. The summed E-state index contributed by atoms with van der Waals surface area (Å²) < 4.78 is 5.16. The maximum Gasteiger partial charge on any atom is 0.191 e. The van der Waals surface area contributed by atoms with Crippen LogP contribution in [0.4, 0.5) is 0 Å². The van der Waals surface area contributed by atoms with Crippen molar-refractivity contribution in [2.45, 2.75) is 33.2 Å². The summed E-state index contributed by atoms with van der Waals surface area (Å²) in [6.45, 7) is 11.2. The van der Waals surface area contributed by atoms with E-state index in [1.807, 2.05) is 11.3 Å². The first-order chi connectivity index (χ1) is 11.7. The molecule has 2 rings (SSSR count). The van der Waals surface area contributed by atoms with Crippen molar-refractivity contribution in [2.75, 3.05) is 46.4 Å². The second-order valence-electron chi connectivity index (χ2n) is 6.37. The number of aliphatic imine (C=N–C) groups is 1. The number of rotatable bonds is 8. The fourth-order valence-corrected chi connectivity index (χ4v) is 3.76. The molecule has 1 saturated heterocycles. The summed E-state index contributed by atoms with van der Waals surface area (Å²) in [6, 6.07) is 4.33. The lowest BCUT2D eigenvalue weighted by atomic mass is 9.97. The number of methoxy groups -OCH3 is 1. The van der Waals surface area contributed by atoms with Gasteiger partial charge in [-0.1, -0.05) is 0 Å². The van der Waals surface area contributed by atoms with Gasteiger partial charge in [0.05, 0.1) is 13.2 Å². The van der Waals surface area contributed by atoms with Crippen LogP contribution in [0.25, 0.3) is 0 Å². The maximum absolute atomic E-state index is 5.16. The predicted octanol–water partition coefficient (Wildman–Crippen LogP) is 2.47. The highest BCUT2D eigenvalue weighted by atomic mass is 32.1. The van der Waals surface area contributed by atoms with Crippen LogP contribution in [0.15, 0.2) is 17.1 Å². The third kappa shape index (κ3) is 6.79. The lowest BCUT2D eigenvalue weighted by molar-refractivity contribution is 0.121. The van der Waals surface area contributed by atoms with Crippen molar-refractivity contribution in [3.63, 3.8) is 0 Å². The van der Waals surface area contributed by atoms with Crippen LogP contribution < -0.4 is 10.6 Å². The van der Waals surface area contributed by atoms with E-state index in [-0.39, 0.29) is 0 Å². The Labute approximate surface area is 150 Å². The minimum Gasteiger partial charge on any atom is -0.383 e. The van der Waals surface area contributed by atoms with Crippen molar-refractivity contribution in [3.05, 3.63) is 21.9 Å². The van der Waals surface area contributed by atoms with Gasteiger partial charge in [0.1, 0.15) is 0 Å². The standard InChI is InChI=1S/C18H32N4OS/c1-4-19-18(21-14-17-6-5-15(2)24-17)20-13-16-7-9-22(10-8-16)11-12-23-3/h5-6,16H,4,7-14H2,1-3H3,(H2,19,20,21). The topological polar surface area (TPSA) is 48.9 Å². The molecular weight excluding hydrogens is 320 g/mol. The summed E-state index contributed by atoms with van der Waals surface area (Å²) >= 11 is 1.82. The molecule has 0 aliphatic carbocycles. The molecule has 0 aromatic carbocycles. The van der Waals surface area contributed by atoms with Crippen molar-refractivity contribution in [2.24, 2.45) is 10.9 Å². The van der Waals surface area contributed by atoms with E-state index >= 15 is 0 Å². The largest absolute Gasteiger partial charge is 0.383 e. The third-order valence-corrected chi connectivity index (χ3v) is 5.40. The zero-order valence-electron chi connectivity index (χ0n) is 15.3. The molecule has 6 heteroatoms. The number of piperidine rings is 1. The number of aryl methyl sites for hydroxylation is 1. The van der Waals surface area contributed by atoms with Gasteiger partial charge in [0, 0.05) is 36.5 Å². The first kappa shape index (κ1) is 19.2. The Kier molecular flexibility index (Phi) is 8.56. The van der Waals surface area contributed by atoms with Gasteiger partial charge in [0.2, 0.25) is 0 Å². The molecule has 1 aromatic heterocycles. The molecule has 0 radical (unpaired) electrons. The van der Waals surface area contributed by atoms with Gasteiger partial charge in [-0.25, -0.2) is 4.99 Å². The van der Waals surface area contributed by atoms with E-state index in [9.17, 15) is 0 Å². The minimum atomic E-state index is 0.733. The molecule has 5 nitrogen and oxygen atoms in total. The Morgan fingerprint density at radius 1 is 1.33 bits per heavy atom. The van der Waals surface area contributed by atoms with Crippen molar-refractivity contribution < 1.29 is 4.74 Å². The Hall–Kier alpha value is -1.11. The normalized spacial score (nSPS) is 17.2. The van der Waals surface area contributed by atoms with Crippen LogP contribution in [0.3, 0.4) is 0 Å². The molecule has 0 spiro atoms. The van der Waals surface area contributed by atoms with E-state index < -0.39 is 0 Å². The number of guanidine groups is 1. The number of hydrogen-bond donors (Lipinski definition) is 2. The molecule has 0 amide bonds. The second kappa shape index (κ2) is 10.7. The molecule has 1 aliphatic heterocycles. The first-order valence-electron chi connectivity index (χ1n) is 9.00. The van der Waals surface area contributed by atoms with E-state index in [0.717, 1.165) is 44.7 Å². The first-order valence-corrected chi connectivity index (χ1v) is 9.81. The van der Waals surface area contributed by atoms with Gasteiger partial charge in [-0.15, -0.1) is 11.3 Å². The average Bonchev–Trinajstić information content (AvgIpc) is 3.02. The van der Waals surface area contributed by atoms with E-state index in [0.29, 0.717) is 0 Å². The zero-order chi connectivity index (χ0) is 17.2. The Balaban J connectivity index is 1.73. The SMILES string of the molecule is CCNC(=NCc1ccc(C)s1)NCC1CCN(CCOC)CC1. The number of hydrogen-bond acceptors (Lipinski definition) is 4. The maximum atomic E-state index is 5.16. The van der Waals surface area contributed by atoms with Crippen molar-refractivity contribution in [3.8, 4) is 0 Å². The quantitative estimate of drug-likeness (QED) is 0.557. The number of thiophene rings is 1. The van der Waals surface area contributed by atoms with Crippen LogP contribution >= 0.6 is 11.3 Å². The monoisotopic (exact) mass is 352 g/mol. The Morgan fingerprint density at radius 2 is 2.12 bits per heavy atom. The Bertz CT molecular complexity index is 495. The second-order valence-corrected chi connectivity index (χ2v) is 7.74. The summed E-state index contributed by atoms with van der Waals surface area (Å²) in [6.07, 6.45) is 2.50. The minimum absolute atomic E-state index is 0.733. The van der Waals surface area contributed by atoms with E-state index in [1.165, 1.54) is 35.7 Å². The molecular formula is C18H32N4OS. The summed E-state index contributed by atoms with van der Waals surface area (Å²) in [4.78, 5) is 9.87. The number of ether oxygens (including phenoxy) is 1. The fourth-order valence-electron chi connectivity index (χ4n) is 2.94. The molecule has 0 unspecified atom stereocenters. The molecule has 1 fully saturated rings. The number of nitrogens with zero attached hydrogens (tertiary/aromatic N) is 2. The number of nitrogens with one attached hydrogen (secondary N) is 2. The van der Waals surface area contributed by atoms with Crippen LogP contribution in [0, 0.1) is 12.8 Å². The molecule has 2 N–H and O–H groups in total. The van der Waals surface area contributed by atoms with Crippen LogP contribution in [-0.2, 0) is 11.3 Å². The summed E-state index contributed by atoms with van der Waals surface area (Å²) in [5, 5.41) is 6.88. The van der Waals surface area contributed by atoms with E-state index in [1.54, 1.807) is 7.11 Å². The van der Waals surface area contributed by atoms with Gasteiger partial charge in [-0.05, 0) is 57.8 Å². The lowest BCUT2D eigenvalue weighted by Gasteiger charge is -2.32. The van der Waals surface area contributed by atoms with E-state index in [4.69, 9.17) is 9.73 Å². The zero-order valence-corrected chi connectivity index (χ0v) is 16.1. The van der Waals surface area contributed by atoms with Crippen LogP contribution in [0.5, 0.6) is 0 Å². The number of likely N-dealkylation sites (tertiary alicyclic amines) is 1. The summed E-state index contributed by atoms with van der Waals surface area (Å²) in [7, 11) is 1.77. The predicted molar refractivity (Wildman–Crippen MR) is 103 cm³/mol. The third-order valence-electron chi connectivity index (χ3n) is 4.41. The molecule has 1 aromatic rings. The highest BCUT2D eigenvalue weighted by Crippen LogP contribution is 2.17. The van der Waals surface area contributed by atoms with Gasteiger partial charge in [0.25, 0.3) is 0 Å². The van der Waals surface area contributed by atoms with Gasteiger partial charge in [0.15, 0.2) is 5.96 Å². The smallest absolute Gasteiger partial charge is 0.191 e.